The van der Waals surface area contributed by atoms with Gasteiger partial charge in [0, 0.05) is 32.1 Å². The third-order valence-corrected chi connectivity index (χ3v) is 3.55. The first kappa shape index (κ1) is 16.7. The molecule has 9 heteroatoms. The first-order valence-corrected chi connectivity index (χ1v) is 7.26. The van der Waals surface area contributed by atoms with Gasteiger partial charge >= 0.3 is 6.18 Å². The summed E-state index contributed by atoms with van der Waals surface area (Å²) in [7, 11) is 3.22. The molecule has 0 fully saturated rings. The highest BCUT2D eigenvalue weighted by atomic mass is 19.4. The highest BCUT2D eigenvalue weighted by Gasteiger charge is 2.34. The van der Waals surface area contributed by atoms with Gasteiger partial charge in [-0.2, -0.15) is 23.4 Å². The summed E-state index contributed by atoms with van der Waals surface area (Å²) in [4.78, 5) is 12.3. The van der Waals surface area contributed by atoms with Crippen LogP contribution in [0.2, 0.25) is 0 Å². The van der Waals surface area contributed by atoms with E-state index in [1.807, 2.05) is 0 Å². The second-order valence-electron chi connectivity index (χ2n) is 5.47. The number of carbonyl (C=O) groups is 1. The highest BCUT2D eigenvalue weighted by Crippen LogP contribution is 2.39. The van der Waals surface area contributed by atoms with Gasteiger partial charge in [-0.1, -0.05) is 18.2 Å². The Morgan fingerprint density at radius 1 is 1.08 bits per heavy atom. The van der Waals surface area contributed by atoms with Crippen LogP contribution in [0.4, 0.5) is 19.0 Å². The Morgan fingerprint density at radius 3 is 2.44 bits per heavy atom. The topological polar surface area (TPSA) is 64.7 Å². The Bertz CT molecular complexity index is 926. The van der Waals surface area contributed by atoms with Crippen molar-refractivity contribution in [2.45, 2.75) is 6.18 Å². The van der Waals surface area contributed by atoms with Gasteiger partial charge < -0.3 is 5.32 Å². The van der Waals surface area contributed by atoms with Crippen molar-refractivity contribution in [1.29, 1.82) is 0 Å². The molecule has 0 aliphatic carbocycles. The fourth-order valence-corrected chi connectivity index (χ4v) is 2.46. The van der Waals surface area contributed by atoms with E-state index in [1.165, 1.54) is 46.2 Å². The zero-order valence-electron chi connectivity index (χ0n) is 13.4. The Kier molecular flexibility index (Phi) is 4.07. The van der Waals surface area contributed by atoms with Crippen LogP contribution < -0.4 is 5.32 Å². The van der Waals surface area contributed by atoms with Crippen LogP contribution in [0.5, 0.6) is 0 Å². The summed E-state index contributed by atoms with van der Waals surface area (Å²) in [6, 6.07) is 5.16. The Labute approximate surface area is 140 Å². The third-order valence-electron chi connectivity index (χ3n) is 3.55. The van der Waals surface area contributed by atoms with Crippen LogP contribution in [-0.2, 0) is 20.3 Å². The first-order valence-electron chi connectivity index (χ1n) is 7.26. The smallest absolute Gasteiger partial charge is 0.304 e. The fourth-order valence-electron chi connectivity index (χ4n) is 2.46. The molecule has 130 valence electrons. The Balaban J connectivity index is 2.02. The molecule has 0 atom stereocenters. The quantitative estimate of drug-likeness (QED) is 0.790. The van der Waals surface area contributed by atoms with E-state index in [1.54, 1.807) is 14.1 Å². The van der Waals surface area contributed by atoms with Gasteiger partial charge in [0.15, 0.2) is 5.82 Å². The first-order chi connectivity index (χ1) is 11.8. The van der Waals surface area contributed by atoms with Crippen molar-refractivity contribution < 1.29 is 18.0 Å². The summed E-state index contributed by atoms with van der Waals surface area (Å²) in [5, 5.41) is 10.5. The van der Waals surface area contributed by atoms with Gasteiger partial charge in [0.25, 0.3) is 5.91 Å². The molecule has 0 saturated heterocycles. The number of aromatic nitrogens is 4. The van der Waals surface area contributed by atoms with Crippen molar-refractivity contribution in [2.75, 3.05) is 5.32 Å². The number of hydrogen-bond acceptors (Lipinski definition) is 3. The summed E-state index contributed by atoms with van der Waals surface area (Å²) in [6.07, 6.45) is -0.219. The van der Waals surface area contributed by atoms with Gasteiger partial charge in [-0.15, -0.1) is 0 Å². The van der Waals surface area contributed by atoms with E-state index in [2.05, 4.69) is 15.5 Å². The lowest BCUT2D eigenvalue weighted by Crippen LogP contribution is -2.13. The number of aryl methyl sites for hydroxylation is 2. The van der Waals surface area contributed by atoms with Crippen LogP contribution in [0.3, 0.4) is 0 Å². The molecule has 1 amide bonds. The molecule has 2 aromatic heterocycles. The molecular formula is C16H14F3N5O. The molecule has 0 bridgehead atoms. The SMILES string of the molecule is Cn1cc(C(=O)Nc2nn(C)cc2-c2ccccc2C(F)(F)F)cn1. The number of alkyl halides is 3. The minimum atomic E-state index is -4.52. The molecule has 0 radical (unpaired) electrons. The lowest BCUT2D eigenvalue weighted by atomic mass is 10.0. The van der Waals surface area contributed by atoms with Gasteiger partial charge in [0.1, 0.15) is 0 Å². The highest BCUT2D eigenvalue weighted by molar-refractivity contribution is 6.05. The van der Waals surface area contributed by atoms with Crippen molar-refractivity contribution in [1.82, 2.24) is 19.6 Å². The molecule has 0 spiro atoms. The van der Waals surface area contributed by atoms with E-state index >= 15 is 0 Å². The minimum Gasteiger partial charge on any atom is -0.304 e. The van der Waals surface area contributed by atoms with Crippen molar-refractivity contribution >= 4 is 11.7 Å². The van der Waals surface area contributed by atoms with Gasteiger partial charge in [-0.05, 0) is 11.6 Å². The summed E-state index contributed by atoms with van der Waals surface area (Å²) in [5.74, 6) is -0.453. The molecule has 0 aliphatic heterocycles. The van der Waals surface area contributed by atoms with Crippen LogP contribution in [0.15, 0.2) is 42.9 Å². The number of rotatable bonds is 3. The van der Waals surface area contributed by atoms with Crippen LogP contribution in [0.1, 0.15) is 15.9 Å². The number of halogens is 3. The monoisotopic (exact) mass is 349 g/mol. The number of amides is 1. The van der Waals surface area contributed by atoms with Crippen molar-refractivity contribution in [3.8, 4) is 11.1 Å². The van der Waals surface area contributed by atoms with E-state index in [0.29, 0.717) is 0 Å². The van der Waals surface area contributed by atoms with Crippen LogP contribution in [0, 0.1) is 0 Å². The normalized spacial score (nSPS) is 11.6. The van der Waals surface area contributed by atoms with Crippen molar-refractivity contribution in [2.24, 2.45) is 14.1 Å². The summed E-state index contributed by atoms with van der Waals surface area (Å²) in [6.45, 7) is 0. The molecule has 6 nitrogen and oxygen atoms in total. The molecule has 0 saturated carbocycles. The predicted molar refractivity (Wildman–Crippen MR) is 84.8 cm³/mol. The molecule has 0 unspecified atom stereocenters. The number of anilines is 1. The van der Waals surface area contributed by atoms with Crippen LogP contribution >= 0.6 is 0 Å². The van der Waals surface area contributed by atoms with Crippen LogP contribution in [0.25, 0.3) is 11.1 Å². The number of hydrogen-bond donors (Lipinski definition) is 1. The lowest BCUT2D eigenvalue weighted by molar-refractivity contribution is -0.137. The van der Waals surface area contributed by atoms with Crippen molar-refractivity contribution in [3.63, 3.8) is 0 Å². The number of benzene rings is 1. The number of carbonyl (C=O) groups excluding carboxylic acids is 1. The summed E-state index contributed by atoms with van der Waals surface area (Å²) >= 11 is 0. The summed E-state index contributed by atoms with van der Waals surface area (Å²) < 4.78 is 42.6. The van der Waals surface area contributed by atoms with E-state index in [4.69, 9.17) is 0 Å². The molecule has 3 rings (SSSR count). The average Bonchev–Trinajstić information content (AvgIpc) is 3.12. The van der Waals surface area contributed by atoms with E-state index in [-0.39, 0.29) is 22.5 Å². The zero-order chi connectivity index (χ0) is 18.2. The van der Waals surface area contributed by atoms with Crippen LogP contribution in [-0.4, -0.2) is 25.5 Å². The second-order valence-corrected chi connectivity index (χ2v) is 5.47. The second kappa shape index (κ2) is 6.08. The van der Waals surface area contributed by atoms with Gasteiger partial charge in [0.2, 0.25) is 0 Å². The maximum atomic E-state index is 13.3. The van der Waals surface area contributed by atoms with Gasteiger partial charge in [-0.25, -0.2) is 0 Å². The Hall–Kier alpha value is -3.10. The molecular weight excluding hydrogens is 335 g/mol. The number of nitrogens with zero attached hydrogens (tertiary/aromatic N) is 4. The van der Waals surface area contributed by atoms with Gasteiger partial charge in [-0.3, -0.25) is 14.2 Å². The Morgan fingerprint density at radius 2 is 1.80 bits per heavy atom. The largest absolute Gasteiger partial charge is 0.417 e. The van der Waals surface area contributed by atoms with E-state index in [0.717, 1.165) is 6.07 Å². The van der Waals surface area contributed by atoms with Crippen molar-refractivity contribution in [3.05, 3.63) is 54.0 Å². The maximum absolute atomic E-state index is 13.3. The number of nitrogens with one attached hydrogen (secondary N) is 1. The fraction of sp³-hybridized carbons (Fsp3) is 0.188. The molecule has 1 aromatic carbocycles. The maximum Gasteiger partial charge on any atom is 0.417 e. The molecule has 25 heavy (non-hydrogen) atoms. The molecule has 2 heterocycles. The average molecular weight is 349 g/mol. The molecule has 1 N–H and O–H groups in total. The van der Waals surface area contributed by atoms with E-state index < -0.39 is 17.6 Å². The minimum absolute atomic E-state index is 0.0491. The zero-order valence-corrected chi connectivity index (χ0v) is 13.4. The molecule has 0 aliphatic rings. The summed E-state index contributed by atoms with van der Waals surface area (Å²) in [5.41, 5.74) is -0.375. The predicted octanol–water partition coefficient (Wildman–Crippen LogP) is 3.09. The third kappa shape index (κ3) is 3.39. The lowest BCUT2D eigenvalue weighted by Gasteiger charge is -2.12. The standard InChI is InChI=1S/C16H14F3N5O/c1-23-8-10(7-20-23)15(25)21-14-12(9-24(2)22-14)11-5-3-4-6-13(11)16(17,18)19/h3-9H,1-2H3,(H,21,22,25). The van der Waals surface area contributed by atoms with Gasteiger partial charge in [0.05, 0.1) is 17.3 Å². The van der Waals surface area contributed by atoms with E-state index in [9.17, 15) is 18.0 Å². The molecule has 3 aromatic rings.